The minimum Gasteiger partial charge on any atom is -0.253 e. The van der Waals surface area contributed by atoms with E-state index < -0.39 is 0 Å². The maximum Gasteiger partial charge on any atom is 0.216 e. The van der Waals surface area contributed by atoms with Gasteiger partial charge >= 0.3 is 0 Å². The van der Waals surface area contributed by atoms with Crippen LogP contribution in [0.4, 0.5) is 0 Å². The molecule has 6 nitrogen and oxygen atoms in total. The molecule has 0 radical (unpaired) electrons. The van der Waals surface area contributed by atoms with Gasteiger partial charge in [0.1, 0.15) is 11.5 Å². The van der Waals surface area contributed by atoms with Gasteiger partial charge in [-0.3, -0.25) is 9.78 Å². The van der Waals surface area contributed by atoms with Crippen molar-refractivity contribution < 1.29 is 0 Å². The normalized spacial score (nSPS) is 11.8. The Morgan fingerprint density at radius 2 is 2.32 bits per heavy atom. The lowest BCUT2D eigenvalue weighted by atomic mass is 10.2. The third-order valence-corrected chi connectivity index (χ3v) is 3.17. The summed E-state index contributed by atoms with van der Waals surface area (Å²) in [5.74, 6) is 0.476. The molecule has 0 bridgehead atoms. The second-order valence-corrected chi connectivity index (χ2v) is 5.36. The van der Waals surface area contributed by atoms with Gasteiger partial charge in [0.25, 0.3) is 0 Å². The summed E-state index contributed by atoms with van der Waals surface area (Å²) >= 11 is 11.3. The zero-order valence-electron chi connectivity index (χ0n) is 11.0. The van der Waals surface area contributed by atoms with Crippen molar-refractivity contribution in [1.29, 1.82) is 0 Å². The Bertz CT molecular complexity index is 650. The fourth-order valence-corrected chi connectivity index (χ4v) is 2.06. The van der Waals surface area contributed by atoms with Gasteiger partial charge in [-0.05, 0) is 25.1 Å². The third-order valence-electron chi connectivity index (χ3n) is 2.49. The van der Waals surface area contributed by atoms with Gasteiger partial charge in [0.2, 0.25) is 4.77 Å². The fourth-order valence-electron chi connectivity index (χ4n) is 1.63. The molecule has 0 aromatic carbocycles. The summed E-state index contributed by atoms with van der Waals surface area (Å²) in [6.45, 7) is 6.91. The summed E-state index contributed by atoms with van der Waals surface area (Å²) in [6, 6.07) is 0. The van der Waals surface area contributed by atoms with Gasteiger partial charge in [0, 0.05) is 6.54 Å². The second-order valence-electron chi connectivity index (χ2n) is 4.62. The highest BCUT2D eigenvalue weighted by atomic mass is 35.5. The van der Waals surface area contributed by atoms with Crippen LogP contribution in [0, 0.1) is 17.6 Å². The largest absolute Gasteiger partial charge is 0.253 e. The molecular formula is C11H15ClN6S. The topological polar surface area (TPSA) is 63.8 Å². The Balaban J connectivity index is 2.31. The van der Waals surface area contributed by atoms with Crippen molar-refractivity contribution in [1.82, 2.24) is 24.7 Å². The minimum atomic E-state index is 0.430. The SMILES string of the molecule is Cc1nn(CC(C)C)c(Cl)c1C=Nn1cn[nH]c1=S. The monoisotopic (exact) mass is 298 g/mol. The molecule has 0 atom stereocenters. The molecule has 2 heterocycles. The van der Waals surface area contributed by atoms with Crippen LogP contribution in [0.25, 0.3) is 0 Å². The van der Waals surface area contributed by atoms with Crippen molar-refractivity contribution in [2.45, 2.75) is 27.3 Å². The van der Waals surface area contributed by atoms with E-state index in [4.69, 9.17) is 23.8 Å². The number of halogens is 1. The van der Waals surface area contributed by atoms with Crippen LogP contribution in [-0.2, 0) is 6.54 Å². The van der Waals surface area contributed by atoms with Crippen molar-refractivity contribution in [2.24, 2.45) is 11.0 Å². The number of rotatable bonds is 4. The molecule has 2 aromatic heterocycles. The number of H-pyrrole nitrogens is 1. The number of aromatic amines is 1. The smallest absolute Gasteiger partial charge is 0.216 e. The first-order chi connectivity index (χ1) is 8.99. The highest BCUT2D eigenvalue weighted by Crippen LogP contribution is 2.19. The van der Waals surface area contributed by atoms with Crippen molar-refractivity contribution >= 4 is 30.0 Å². The van der Waals surface area contributed by atoms with E-state index in [1.54, 1.807) is 10.9 Å². The Hall–Kier alpha value is -1.47. The molecule has 102 valence electrons. The number of hydrogen-bond acceptors (Lipinski definition) is 4. The number of nitrogens with zero attached hydrogens (tertiary/aromatic N) is 5. The summed E-state index contributed by atoms with van der Waals surface area (Å²) in [4.78, 5) is 0. The number of nitrogens with one attached hydrogen (secondary N) is 1. The average Bonchev–Trinajstić information content (AvgIpc) is 2.83. The molecule has 19 heavy (non-hydrogen) atoms. The molecule has 0 saturated heterocycles. The van der Waals surface area contributed by atoms with Crippen LogP contribution in [0.5, 0.6) is 0 Å². The Kier molecular flexibility index (Phi) is 4.16. The molecule has 0 saturated carbocycles. The van der Waals surface area contributed by atoms with Crippen molar-refractivity contribution in [3.05, 3.63) is 27.5 Å². The quantitative estimate of drug-likeness (QED) is 0.697. The Morgan fingerprint density at radius 3 is 2.89 bits per heavy atom. The lowest BCUT2D eigenvalue weighted by molar-refractivity contribution is 0.482. The molecule has 2 rings (SSSR count). The molecule has 0 aliphatic carbocycles. The van der Waals surface area contributed by atoms with Crippen LogP contribution in [0.3, 0.4) is 0 Å². The summed E-state index contributed by atoms with van der Waals surface area (Å²) in [5.41, 5.74) is 1.63. The van der Waals surface area contributed by atoms with E-state index >= 15 is 0 Å². The predicted molar refractivity (Wildman–Crippen MR) is 77.2 cm³/mol. The van der Waals surface area contributed by atoms with E-state index in [0.717, 1.165) is 17.8 Å². The maximum atomic E-state index is 6.30. The van der Waals surface area contributed by atoms with Crippen molar-refractivity contribution in [2.75, 3.05) is 0 Å². The van der Waals surface area contributed by atoms with Crippen LogP contribution in [0.15, 0.2) is 11.4 Å². The van der Waals surface area contributed by atoms with E-state index in [1.807, 2.05) is 6.92 Å². The molecule has 0 unspecified atom stereocenters. The molecule has 0 aliphatic heterocycles. The van der Waals surface area contributed by atoms with E-state index in [1.165, 1.54) is 11.0 Å². The summed E-state index contributed by atoms with van der Waals surface area (Å²) < 4.78 is 3.68. The first-order valence-corrected chi connectivity index (χ1v) is 6.67. The van der Waals surface area contributed by atoms with Crippen LogP contribution in [0.1, 0.15) is 25.1 Å². The predicted octanol–water partition coefficient (Wildman–Crippen LogP) is 2.64. The highest BCUT2D eigenvalue weighted by Gasteiger charge is 2.12. The van der Waals surface area contributed by atoms with Gasteiger partial charge in [-0.15, -0.1) is 0 Å². The van der Waals surface area contributed by atoms with Gasteiger partial charge in [-0.1, -0.05) is 25.4 Å². The Labute approximate surface area is 121 Å². The van der Waals surface area contributed by atoms with Gasteiger partial charge < -0.3 is 0 Å². The van der Waals surface area contributed by atoms with E-state index in [-0.39, 0.29) is 0 Å². The molecule has 1 N–H and O–H groups in total. The van der Waals surface area contributed by atoms with Crippen molar-refractivity contribution in [3.8, 4) is 0 Å². The summed E-state index contributed by atoms with van der Waals surface area (Å²) in [5, 5.41) is 15.6. The van der Waals surface area contributed by atoms with Gasteiger partial charge in [0.05, 0.1) is 17.5 Å². The molecule has 8 heteroatoms. The van der Waals surface area contributed by atoms with Crippen LogP contribution in [-0.4, -0.2) is 30.9 Å². The van der Waals surface area contributed by atoms with E-state index in [9.17, 15) is 0 Å². The Morgan fingerprint density at radius 1 is 1.58 bits per heavy atom. The first-order valence-electron chi connectivity index (χ1n) is 5.88. The number of aryl methyl sites for hydroxylation is 1. The zero-order valence-corrected chi connectivity index (χ0v) is 12.5. The fraction of sp³-hybridized carbons (Fsp3) is 0.455. The van der Waals surface area contributed by atoms with Crippen LogP contribution >= 0.6 is 23.8 Å². The standard InChI is InChI=1S/C11H15ClN6S/c1-7(2)5-17-10(12)9(8(3)16-17)4-14-18-6-13-15-11(18)19/h4,6-7H,5H2,1-3H3,(H,15,19). The lowest BCUT2D eigenvalue weighted by Crippen LogP contribution is -2.06. The third kappa shape index (κ3) is 3.10. The molecule has 2 aromatic rings. The number of aromatic nitrogens is 5. The molecule has 0 spiro atoms. The minimum absolute atomic E-state index is 0.430. The average molecular weight is 299 g/mol. The molecule has 0 aliphatic rings. The summed E-state index contributed by atoms with van der Waals surface area (Å²) in [6.07, 6.45) is 3.15. The van der Waals surface area contributed by atoms with E-state index in [2.05, 4.69) is 34.2 Å². The van der Waals surface area contributed by atoms with Gasteiger partial charge in [0.15, 0.2) is 0 Å². The summed E-state index contributed by atoms with van der Waals surface area (Å²) in [7, 11) is 0. The maximum absolute atomic E-state index is 6.30. The lowest BCUT2D eigenvalue weighted by Gasteiger charge is -2.05. The second kappa shape index (κ2) is 5.66. The van der Waals surface area contributed by atoms with Crippen LogP contribution in [0.2, 0.25) is 5.15 Å². The number of hydrogen-bond donors (Lipinski definition) is 1. The first kappa shape index (κ1) is 14.0. The van der Waals surface area contributed by atoms with Crippen molar-refractivity contribution in [3.63, 3.8) is 0 Å². The van der Waals surface area contributed by atoms with Crippen LogP contribution < -0.4 is 0 Å². The zero-order chi connectivity index (χ0) is 14.0. The van der Waals surface area contributed by atoms with Gasteiger partial charge in [-0.25, -0.2) is 0 Å². The van der Waals surface area contributed by atoms with Gasteiger partial charge in [-0.2, -0.15) is 20.0 Å². The molecule has 0 amide bonds. The molecule has 0 fully saturated rings. The van der Waals surface area contributed by atoms with E-state index in [0.29, 0.717) is 15.8 Å². The highest BCUT2D eigenvalue weighted by molar-refractivity contribution is 7.71. The molecular weight excluding hydrogens is 284 g/mol.